The van der Waals surface area contributed by atoms with E-state index in [0.29, 0.717) is 3.57 Å². The second kappa shape index (κ2) is 5.25. The Hall–Kier alpha value is 0.230. The molecule has 0 aliphatic heterocycles. The number of hydrogen-bond donors (Lipinski definition) is 1. The third kappa shape index (κ3) is 3.62. The van der Waals surface area contributed by atoms with Gasteiger partial charge in [0.05, 0.1) is 10.7 Å². The van der Waals surface area contributed by atoms with Gasteiger partial charge in [-0.1, -0.05) is 11.6 Å². The van der Waals surface area contributed by atoms with Crippen LogP contribution in [0.4, 0.5) is 18.9 Å². The molecule has 8 heteroatoms. The molecule has 0 heterocycles. The molecule has 0 aliphatic carbocycles. The zero-order valence-corrected chi connectivity index (χ0v) is 12.4. The molecular formula is C8H3ClF3I2NO. The molecule has 88 valence electrons. The van der Waals surface area contributed by atoms with E-state index in [0.717, 1.165) is 3.57 Å². The van der Waals surface area contributed by atoms with Gasteiger partial charge in [0, 0.05) is 7.14 Å². The molecule has 0 saturated carbocycles. The summed E-state index contributed by atoms with van der Waals surface area (Å²) < 4.78 is 37.3. The summed E-state index contributed by atoms with van der Waals surface area (Å²) in [6, 6.07) is 3.08. The lowest BCUT2D eigenvalue weighted by Gasteiger charge is -2.11. The number of amides is 1. The standard InChI is InChI=1S/C8H3ClF3I2NO/c9-4-1-3(13)2-5(14)6(4)15-7(16)8(10,11)12/h1-2H,(H,15,16). The lowest BCUT2D eigenvalue weighted by molar-refractivity contribution is -0.167. The molecule has 1 aromatic carbocycles. The zero-order chi connectivity index (χ0) is 12.5. The van der Waals surface area contributed by atoms with Crippen molar-refractivity contribution in [2.24, 2.45) is 0 Å². The van der Waals surface area contributed by atoms with E-state index in [1.165, 1.54) is 6.07 Å². The van der Waals surface area contributed by atoms with E-state index >= 15 is 0 Å². The molecule has 1 aromatic rings. The van der Waals surface area contributed by atoms with Gasteiger partial charge in [-0.25, -0.2) is 0 Å². The number of hydrogen-bond acceptors (Lipinski definition) is 1. The van der Waals surface area contributed by atoms with Gasteiger partial charge in [-0.05, 0) is 57.3 Å². The minimum absolute atomic E-state index is 0.0231. The first kappa shape index (κ1) is 14.3. The van der Waals surface area contributed by atoms with Crippen molar-refractivity contribution < 1.29 is 18.0 Å². The van der Waals surface area contributed by atoms with Crippen molar-refractivity contribution in [2.45, 2.75) is 6.18 Å². The van der Waals surface area contributed by atoms with E-state index in [1.807, 2.05) is 22.6 Å². The summed E-state index contributed by atoms with van der Waals surface area (Å²) in [5.74, 6) is -2.03. The van der Waals surface area contributed by atoms with Gasteiger partial charge in [0.15, 0.2) is 0 Å². The third-order valence-electron chi connectivity index (χ3n) is 1.50. The van der Waals surface area contributed by atoms with Gasteiger partial charge >= 0.3 is 12.1 Å². The molecule has 1 rings (SSSR count). The van der Waals surface area contributed by atoms with Crippen LogP contribution in [0.25, 0.3) is 0 Å². The lowest BCUT2D eigenvalue weighted by atomic mass is 10.3. The van der Waals surface area contributed by atoms with Gasteiger partial charge in [0.25, 0.3) is 0 Å². The number of anilines is 1. The molecule has 0 aliphatic rings. The first-order valence-corrected chi connectivity index (χ1v) is 6.28. The highest BCUT2D eigenvalue weighted by atomic mass is 127. The average Bonchev–Trinajstić information content (AvgIpc) is 2.08. The normalized spacial score (nSPS) is 11.4. The quantitative estimate of drug-likeness (QED) is 0.611. The molecule has 1 N–H and O–H groups in total. The fraction of sp³-hybridized carbons (Fsp3) is 0.125. The number of rotatable bonds is 1. The van der Waals surface area contributed by atoms with E-state index < -0.39 is 12.1 Å². The predicted molar refractivity (Wildman–Crippen MR) is 71.6 cm³/mol. The van der Waals surface area contributed by atoms with Crippen LogP contribution in [0.5, 0.6) is 0 Å². The second-order valence-corrected chi connectivity index (χ2v) is 5.51. The Morgan fingerprint density at radius 1 is 1.31 bits per heavy atom. The van der Waals surface area contributed by atoms with Crippen LogP contribution in [-0.4, -0.2) is 12.1 Å². The number of halogens is 6. The maximum Gasteiger partial charge on any atom is 0.471 e. The molecule has 16 heavy (non-hydrogen) atoms. The molecule has 0 spiro atoms. The Morgan fingerprint density at radius 2 is 1.88 bits per heavy atom. The largest absolute Gasteiger partial charge is 0.471 e. The minimum Gasteiger partial charge on any atom is -0.316 e. The Labute approximate surface area is 121 Å². The number of carbonyl (C=O) groups is 1. The summed E-state index contributed by atoms with van der Waals surface area (Å²) in [4.78, 5) is 10.7. The number of carbonyl (C=O) groups excluding carboxylic acids is 1. The molecule has 1 amide bonds. The molecule has 0 radical (unpaired) electrons. The first-order valence-electron chi connectivity index (χ1n) is 3.74. The van der Waals surface area contributed by atoms with Crippen molar-refractivity contribution >= 4 is 68.4 Å². The van der Waals surface area contributed by atoms with Crippen molar-refractivity contribution in [1.29, 1.82) is 0 Å². The Morgan fingerprint density at radius 3 is 2.31 bits per heavy atom. The van der Waals surface area contributed by atoms with Crippen LogP contribution in [0.3, 0.4) is 0 Å². The molecule has 0 unspecified atom stereocenters. The molecule has 0 fully saturated rings. The Bertz CT molecular complexity index is 413. The van der Waals surface area contributed by atoms with E-state index in [4.69, 9.17) is 11.6 Å². The van der Waals surface area contributed by atoms with E-state index in [1.54, 1.807) is 34.0 Å². The van der Waals surface area contributed by atoms with Crippen LogP contribution in [-0.2, 0) is 4.79 Å². The van der Waals surface area contributed by atoms with Gasteiger partial charge in [0.1, 0.15) is 0 Å². The average molecular weight is 475 g/mol. The van der Waals surface area contributed by atoms with Crippen LogP contribution in [0.15, 0.2) is 12.1 Å². The second-order valence-electron chi connectivity index (χ2n) is 2.70. The number of nitrogens with one attached hydrogen (secondary N) is 1. The molecule has 0 atom stereocenters. The minimum atomic E-state index is -4.92. The van der Waals surface area contributed by atoms with E-state index in [9.17, 15) is 18.0 Å². The fourth-order valence-corrected chi connectivity index (χ4v) is 3.44. The van der Waals surface area contributed by atoms with Gasteiger partial charge < -0.3 is 5.32 Å². The van der Waals surface area contributed by atoms with Crippen molar-refractivity contribution in [1.82, 2.24) is 0 Å². The van der Waals surface area contributed by atoms with Gasteiger partial charge in [0.2, 0.25) is 0 Å². The predicted octanol–water partition coefficient (Wildman–Crippen LogP) is 4.05. The maximum absolute atomic E-state index is 12.0. The summed E-state index contributed by atoms with van der Waals surface area (Å²) >= 11 is 9.51. The first-order chi connectivity index (χ1) is 7.21. The van der Waals surface area contributed by atoms with Gasteiger partial charge in [-0.15, -0.1) is 0 Å². The Balaban J connectivity index is 3.03. The van der Waals surface area contributed by atoms with Gasteiger partial charge in [-0.2, -0.15) is 13.2 Å². The molecule has 0 aromatic heterocycles. The van der Waals surface area contributed by atoms with Crippen molar-refractivity contribution in [3.8, 4) is 0 Å². The summed E-state index contributed by atoms with van der Waals surface area (Å²) in [6.45, 7) is 0. The van der Waals surface area contributed by atoms with Crippen LogP contribution in [0, 0.1) is 7.14 Å². The molecule has 2 nitrogen and oxygen atoms in total. The SMILES string of the molecule is O=C(Nc1c(Cl)cc(I)cc1I)C(F)(F)F. The number of benzene rings is 1. The third-order valence-corrected chi connectivity index (χ3v) is 3.27. The van der Waals surface area contributed by atoms with Crippen molar-refractivity contribution in [2.75, 3.05) is 5.32 Å². The highest BCUT2D eigenvalue weighted by Crippen LogP contribution is 2.31. The summed E-state index contributed by atoms with van der Waals surface area (Å²) in [5, 5.41) is 1.82. The van der Waals surface area contributed by atoms with Crippen LogP contribution in [0.2, 0.25) is 5.02 Å². The van der Waals surface area contributed by atoms with Crippen LogP contribution in [0.1, 0.15) is 0 Å². The van der Waals surface area contributed by atoms with Crippen LogP contribution < -0.4 is 5.32 Å². The van der Waals surface area contributed by atoms with E-state index in [2.05, 4.69) is 0 Å². The highest BCUT2D eigenvalue weighted by molar-refractivity contribution is 14.1. The highest BCUT2D eigenvalue weighted by Gasteiger charge is 2.39. The van der Waals surface area contributed by atoms with Crippen molar-refractivity contribution in [3.63, 3.8) is 0 Å². The summed E-state index contributed by atoms with van der Waals surface area (Å²) in [7, 11) is 0. The van der Waals surface area contributed by atoms with Gasteiger partial charge in [-0.3, -0.25) is 4.79 Å². The summed E-state index contributed by atoms with van der Waals surface area (Å²) in [6.07, 6.45) is -4.92. The lowest BCUT2D eigenvalue weighted by Crippen LogP contribution is -2.30. The van der Waals surface area contributed by atoms with Crippen LogP contribution >= 0.6 is 56.8 Å². The topological polar surface area (TPSA) is 29.1 Å². The monoisotopic (exact) mass is 475 g/mol. The maximum atomic E-state index is 12.0. The Kier molecular flexibility index (Phi) is 4.69. The fourth-order valence-electron chi connectivity index (χ4n) is 0.846. The van der Waals surface area contributed by atoms with Crippen molar-refractivity contribution in [3.05, 3.63) is 24.3 Å². The smallest absolute Gasteiger partial charge is 0.316 e. The molecule has 0 bridgehead atoms. The molecular weight excluding hydrogens is 472 g/mol. The number of alkyl halides is 3. The van der Waals surface area contributed by atoms with E-state index in [-0.39, 0.29) is 10.7 Å². The molecule has 0 saturated heterocycles. The zero-order valence-electron chi connectivity index (χ0n) is 7.33. The summed E-state index contributed by atoms with van der Waals surface area (Å²) in [5.41, 5.74) is -0.0231.